The van der Waals surface area contributed by atoms with Gasteiger partial charge in [0.1, 0.15) is 23.7 Å². The number of carbonyl (C=O) groups is 4. The van der Waals surface area contributed by atoms with E-state index in [0.717, 1.165) is 65.9 Å². The molecule has 4 N–H and O–H groups in total. The molecule has 0 spiro atoms. The highest BCUT2D eigenvalue weighted by Crippen LogP contribution is 2.43. The molecule has 0 bridgehead atoms. The van der Waals surface area contributed by atoms with Crippen LogP contribution in [0.15, 0.2) is 36.5 Å². The van der Waals surface area contributed by atoms with Crippen LogP contribution in [-0.4, -0.2) is 93.1 Å². The summed E-state index contributed by atoms with van der Waals surface area (Å²) in [6.45, 7) is 13.1. The summed E-state index contributed by atoms with van der Waals surface area (Å²) in [5.74, 6) is 1.53. The summed E-state index contributed by atoms with van der Waals surface area (Å²) in [7, 11) is 2.59. The van der Waals surface area contributed by atoms with Crippen LogP contribution in [0.4, 0.5) is 9.59 Å². The minimum absolute atomic E-state index is 0.112. The lowest BCUT2D eigenvalue weighted by atomic mass is 10.0. The third kappa shape index (κ3) is 7.73. The Labute approximate surface area is 333 Å². The van der Waals surface area contributed by atoms with E-state index in [2.05, 4.69) is 58.7 Å². The SMILES string of the molecule is COC(=O)N[C@H](C(=O)N1C[C@@H](C)C[C@H]1c1nc(-c2cc3sc(-c4ccc5[nH]c([C@@H]6C[C@H](C)CN6C(=O)[C@@H](NC(=O)OC)C(C)C)nc5c4)cc3s2)c[nH]1)C(C)C. The molecular formula is C40H50N8O6S2. The van der Waals surface area contributed by atoms with Gasteiger partial charge >= 0.3 is 12.2 Å². The van der Waals surface area contributed by atoms with Crippen molar-refractivity contribution < 1.29 is 28.7 Å². The van der Waals surface area contributed by atoms with Crippen molar-refractivity contribution in [3.63, 3.8) is 0 Å². The summed E-state index contributed by atoms with van der Waals surface area (Å²) in [5.41, 5.74) is 3.61. The number of likely N-dealkylation sites (tertiary alicyclic amines) is 2. The maximum absolute atomic E-state index is 13.8. The van der Waals surface area contributed by atoms with Gasteiger partial charge in [-0.15, -0.1) is 22.7 Å². The average molecular weight is 803 g/mol. The van der Waals surface area contributed by atoms with E-state index in [0.29, 0.717) is 13.1 Å². The predicted octanol–water partition coefficient (Wildman–Crippen LogP) is 7.48. The minimum Gasteiger partial charge on any atom is -0.453 e. The van der Waals surface area contributed by atoms with E-state index in [-0.39, 0.29) is 47.6 Å². The van der Waals surface area contributed by atoms with Crippen LogP contribution in [0, 0.1) is 23.7 Å². The Morgan fingerprint density at radius 3 is 1.86 bits per heavy atom. The van der Waals surface area contributed by atoms with Gasteiger partial charge < -0.3 is 39.9 Å². The topological polar surface area (TPSA) is 175 Å². The zero-order chi connectivity index (χ0) is 40.0. The number of benzene rings is 1. The van der Waals surface area contributed by atoms with E-state index in [1.807, 2.05) is 49.8 Å². The van der Waals surface area contributed by atoms with E-state index < -0.39 is 24.3 Å². The standard InChI is InChI=1S/C40H50N8O6S2/c1-19(2)33(45-39(51)53-7)37(49)47-17-21(5)11-27(47)35-41-16-26(44-35)30-15-32-31(56-30)14-29(55-32)23-9-10-24-25(13-23)43-36(42-24)28-12-22(6)18-48(28)38(50)34(20(3)4)46-40(52)54-8/h9-10,13-16,19-22,27-28,33-34H,11-12,17-18H2,1-8H3,(H,41,44)(H,42,43)(H,45,51)(H,46,52)/t21-,22-,27-,28-,33-,34-/m0/s1. The molecule has 1 aromatic carbocycles. The maximum atomic E-state index is 13.8. The lowest BCUT2D eigenvalue weighted by molar-refractivity contribution is -0.136. The number of fused-ring (bicyclic) bond motifs is 2. The number of hydrogen-bond acceptors (Lipinski definition) is 10. The molecule has 0 unspecified atom stereocenters. The monoisotopic (exact) mass is 802 g/mol. The van der Waals surface area contributed by atoms with Crippen molar-refractivity contribution in [1.29, 1.82) is 0 Å². The second kappa shape index (κ2) is 15.9. The number of nitrogens with one attached hydrogen (secondary N) is 4. The van der Waals surface area contributed by atoms with Crippen molar-refractivity contribution >= 4 is 67.1 Å². The Kier molecular flexibility index (Phi) is 11.1. The fraction of sp³-hybridized carbons (Fsp3) is 0.500. The smallest absolute Gasteiger partial charge is 0.407 e. The van der Waals surface area contributed by atoms with Crippen molar-refractivity contribution in [3.05, 3.63) is 48.2 Å². The van der Waals surface area contributed by atoms with Crippen molar-refractivity contribution in [1.82, 2.24) is 40.4 Å². The fourth-order valence-electron chi connectivity index (χ4n) is 7.93. The number of rotatable bonds is 10. The number of carbonyl (C=O) groups excluding carboxylic acids is 4. The first-order valence-electron chi connectivity index (χ1n) is 19.1. The van der Waals surface area contributed by atoms with Crippen LogP contribution < -0.4 is 10.6 Å². The van der Waals surface area contributed by atoms with Gasteiger partial charge in [0.25, 0.3) is 0 Å². The van der Waals surface area contributed by atoms with Crippen molar-refractivity contribution in [3.8, 4) is 21.0 Å². The number of aromatic amines is 2. The van der Waals surface area contributed by atoms with Gasteiger partial charge in [-0.1, -0.05) is 47.6 Å². The van der Waals surface area contributed by atoms with Gasteiger partial charge in [0.2, 0.25) is 11.8 Å². The Balaban J connectivity index is 1.08. The third-order valence-corrected chi connectivity index (χ3v) is 13.2. The molecule has 56 heavy (non-hydrogen) atoms. The highest BCUT2D eigenvalue weighted by atomic mass is 32.1. The second-order valence-corrected chi connectivity index (χ2v) is 18.1. The normalized spacial score (nSPS) is 21.0. The van der Waals surface area contributed by atoms with Crippen molar-refractivity contribution in [2.45, 2.75) is 78.6 Å². The average Bonchev–Trinajstić information content (AvgIpc) is 4.01. The number of methoxy groups -OCH3 is 2. The van der Waals surface area contributed by atoms with Crippen LogP contribution in [0.3, 0.4) is 0 Å². The molecule has 14 nitrogen and oxygen atoms in total. The van der Waals surface area contributed by atoms with Gasteiger partial charge in [0.05, 0.1) is 47.9 Å². The highest BCUT2D eigenvalue weighted by Gasteiger charge is 2.41. The molecule has 6 atom stereocenters. The molecule has 4 aromatic heterocycles. The maximum Gasteiger partial charge on any atom is 0.407 e. The first-order valence-corrected chi connectivity index (χ1v) is 20.8. The van der Waals surface area contributed by atoms with Crippen LogP contribution >= 0.6 is 22.7 Å². The van der Waals surface area contributed by atoms with E-state index in [9.17, 15) is 19.2 Å². The molecule has 298 valence electrons. The van der Waals surface area contributed by atoms with Crippen LogP contribution in [0.25, 0.3) is 41.4 Å². The number of amides is 4. The zero-order valence-corrected chi connectivity index (χ0v) is 34.6. The molecule has 2 aliphatic rings. The molecule has 6 heterocycles. The Bertz CT molecular complexity index is 2220. The molecular weight excluding hydrogens is 753 g/mol. The molecule has 0 aliphatic carbocycles. The van der Waals surface area contributed by atoms with E-state index >= 15 is 0 Å². The summed E-state index contributed by atoms with van der Waals surface area (Å²) in [4.78, 5) is 74.2. The summed E-state index contributed by atoms with van der Waals surface area (Å²) in [5, 5.41) is 5.44. The predicted molar refractivity (Wildman–Crippen MR) is 217 cm³/mol. The van der Waals surface area contributed by atoms with Crippen LogP contribution in [0.5, 0.6) is 0 Å². The number of H-pyrrole nitrogens is 2. The number of hydrogen-bond donors (Lipinski definition) is 4. The Morgan fingerprint density at radius 2 is 1.30 bits per heavy atom. The highest BCUT2D eigenvalue weighted by molar-refractivity contribution is 7.31. The molecule has 7 rings (SSSR count). The molecule has 4 amide bonds. The molecule has 2 aliphatic heterocycles. The largest absolute Gasteiger partial charge is 0.453 e. The van der Waals surface area contributed by atoms with Gasteiger partial charge in [-0.05, 0) is 66.3 Å². The molecule has 0 radical (unpaired) electrons. The number of nitrogens with zero attached hydrogens (tertiary/aromatic N) is 4. The van der Waals surface area contributed by atoms with Gasteiger partial charge in [-0.3, -0.25) is 9.59 Å². The zero-order valence-electron chi connectivity index (χ0n) is 33.0. The number of ether oxygens (including phenoxy) is 2. The van der Waals surface area contributed by atoms with Crippen LogP contribution in [0.2, 0.25) is 0 Å². The molecule has 2 fully saturated rings. The summed E-state index contributed by atoms with van der Waals surface area (Å²) >= 11 is 3.39. The molecule has 16 heteroatoms. The van der Waals surface area contributed by atoms with Crippen LogP contribution in [-0.2, 0) is 19.1 Å². The summed E-state index contributed by atoms with van der Waals surface area (Å²) in [6.07, 6.45) is 2.20. The molecule has 2 saturated heterocycles. The molecule has 0 saturated carbocycles. The first kappa shape index (κ1) is 39.3. The Morgan fingerprint density at radius 1 is 0.768 bits per heavy atom. The number of thiophene rings is 2. The van der Waals surface area contributed by atoms with Gasteiger partial charge in [0.15, 0.2) is 0 Å². The summed E-state index contributed by atoms with van der Waals surface area (Å²) in [6, 6.07) is 8.74. The second-order valence-electron chi connectivity index (χ2n) is 15.9. The van der Waals surface area contributed by atoms with E-state index in [1.165, 1.54) is 14.2 Å². The van der Waals surface area contributed by atoms with Crippen molar-refractivity contribution in [2.24, 2.45) is 23.7 Å². The van der Waals surface area contributed by atoms with Gasteiger partial charge in [0, 0.05) is 33.6 Å². The lowest BCUT2D eigenvalue weighted by Crippen LogP contribution is -2.51. The fourth-order valence-corrected chi connectivity index (χ4v) is 10.3. The van der Waals surface area contributed by atoms with Crippen molar-refractivity contribution in [2.75, 3.05) is 27.3 Å². The van der Waals surface area contributed by atoms with E-state index in [1.54, 1.807) is 22.7 Å². The molecule has 5 aromatic rings. The third-order valence-electron chi connectivity index (χ3n) is 10.8. The number of aromatic nitrogens is 4. The minimum atomic E-state index is -0.701. The van der Waals surface area contributed by atoms with Gasteiger partial charge in [-0.2, -0.15) is 0 Å². The summed E-state index contributed by atoms with van der Waals surface area (Å²) < 4.78 is 11.9. The van der Waals surface area contributed by atoms with Gasteiger partial charge in [-0.25, -0.2) is 19.6 Å². The quantitative estimate of drug-likeness (QED) is 0.112. The Hall–Kier alpha value is -4.96. The van der Waals surface area contributed by atoms with Crippen LogP contribution in [0.1, 0.15) is 78.1 Å². The van der Waals surface area contributed by atoms with E-state index in [4.69, 9.17) is 19.4 Å². The number of alkyl carbamates (subject to hydrolysis) is 2. The number of imidazole rings is 2. The first-order chi connectivity index (χ1) is 26.7. The lowest BCUT2D eigenvalue weighted by Gasteiger charge is -2.30.